The summed E-state index contributed by atoms with van der Waals surface area (Å²) in [4.78, 5) is 4.25. The van der Waals surface area contributed by atoms with Crippen molar-refractivity contribution in [2.75, 3.05) is 6.54 Å². The molecule has 1 aromatic rings. The Morgan fingerprint density at radius 1 is 1.56 bits per heavy atom. The molecule has 0 radical (unpaired) electrons. The SMILES string of the molecule is C#CCCCCn1cncc1[C@@H]1CCCN1. The molecule has 1 aliphatic heterocycles. The molecule has 0 amide bonds. The Morgan fingerprint density at radius 2 is 2.50 bits per heavy atom. The van der Waals surface area contributed by atoms with Gasteiger partial charge in [0.15, 0.2) is 0 Å². The predicted molar refractivity (Wildman–Crippen MR) is 64.9 cm³/mol. The van der Waals surface area contributed by atoms with Crippen molar-refractivity contribution < 1.29 is 0 Å². The molecule has 1 saturated heterocycles. The van der Waals surface area contributed by atoms with Crippen LogP contribution in [-0.2, 0) is 6.54 Å². The van der Waals surface area contributed by atoms with Crippen molar-refractivity contribution >= 4 is 0 Å². The number of aryl methyl sites for hydroxylation is 1. The van der Waals surface area contributed by atoms with Crippen LogP contribution in [0.1, 0.15) is 43.8 Å². The van der Waals surface area contributed by atoms with Crippen LogP contribution in [0, 0.1) is 12.3 Å². The highest BCUT2D eigenvalue weighted by atomic mass is 15.1. The van der Waals surface area contributed by atoms with Gasteiger partial charge in [-0.05, 0) is 32.2 Å². The van der Waals surface area contributed by atoms with Crippen molar-refractivity contribution in [3.8, 4) is 12.3 Å². The number of rotatable bonds is 5. The Kier molecular flexibility index (Phi) is 4.01. The molecule has 0 saturated carbocycles. The largest absolute Gasteiger partial charge is 0.333 e. The van der Waals surface area contributed by atoms with Crippen LogP contribution < -0.4 is 5.32 Å². The highest BCUT2D eigenvalue weighted by Gasteiger charge is 2.19. The second kappa shape index (κ2) is 5.72. The Balaban J connectivity index is 1.89. The third kappa shape index (κ3) is 2.65. The van der Waals surface area contributed by atoms with Gasteiger partial charge in [0.05, 0.1) is 12.0 Å². The summed E-state index contributed by atoms with van der Waals surface area (Å²) in [7, 11) is 0. The maximum absolute atomic E-state index is 5.24. The summed E-state index contributed by atoms with van der Waals surface area (Å²) in [5.74, 6) is 2.68. The van der Waals surface area contributed by atoms with E-state index in [-0.39, 0.29) is 0 Å². The first-order valence-corrected chi connectivity index (χ1v) is 6.08. The molecule has 0 spiro atoms. The molecule has 3 nitrogen and oxygen atoms in total. The summed E-state index contributed by atoms with van der Waals surface area (Å²) >= 11 is 0. The molecule has 0 aliphatic carbocycles. The molecule has 2 heterocycles. The summed E-state index contributed by atoms with van der Waals surface area (Å²) in [5.41, 5.74) is 1.33. The maximum atomic E-state index is 5.24. The van der Waals surface area contributed by atoms with Crippen molar-refractivity contribution in [3.63, 3.8) is 0 Å². The van der Waals surface area contributed by atoms with E-state index in [4.69, 9.17) is 6.42 Å². The lowest BCUT2D eigenvalue weighted by Crippen LogP contribution is -2.16. The minimum absolute atomic E-state index is 0.509. The molecule has 0 aromatic carbocycles. The third-order valence-corrected chi connectivity index (χ3v) is 3.13. The van der Waals surface area contributed by atoms with E-state index in [1.165, 1.54) is 18.5 Å². The minimum Gasteiger partial charge on any atom is -0.333 e. The van der Waals surface area contributed by atoms with Gasteiger partial charge >= 0.3 is 0 Å². The number of imidazole rings is 1. The minimum atomic E-state index is 0.509. The van der Waals surface area contributed by atoms with E-state index < -0.39 is 0 Å². The molecule has 1 atom stereocenters. The fourth-order valence-corrected chi connectivity index (χ4v) is 2.25. The fraction of sp³-hybridized carbons (Fsp3) is 0.615. The first kappa shape index (κ1) is 11.2. The van der Waals surface area contributed by atoms with Crippen molar-refractivity contribution in [2.45, 2.75) is 44.7 Å². The Bertz CT molecular complexity index is 355. The van der Waals surface area contributed by atoms with Crippen molar-refractivity contribution in [1.82, 2.24) is 14.9 Å². The van der Waals surface area contributed by atoms with E-state index in [0.717, 1.165) is 32.4 Å². The van der Waals surface area contributed by atoms with Crippen LogP contribution in [0.15, 0.2) is 12.5 Å². The standard InChI is InChI=1S/C13H19N3/c1-2-3-4-5-9-16-11-14-10-13(16)12-7-6-8-15-12/h1,10-12,15H,3-9H2/t12-/m0/s1. The van der Waals surface area contributed by atoms with E-state index in [2.05, 4.69) is 20.8 Å². The first-order chi connectivity index (χ1) is 7.92. The molecule has 2 rings (SSSR count). The molecule has 86 valence electrons. The zero-order valence-corrected chi connectivity index (χ0v) is 9.65. The number of hydrogen-bond donors (Lipinski definition) is 1. The monoisotopic (exact) mass is 217 g/mol. The lowest BCUT2D eigenvalue weighted by Gasteiger charge is -2.13. The van der Waals surface area contributed by atoms with Crippen LogP contribution in [0.3, 0.4) is 0 Å². The van der Waals surface area contributed by atoms with E-state index in [1.54, 1.807) is 0 Å². The van der Waals surface area contributed by atoms with Gasteiger partial charge < -0.3 is 9.88 Å². The molecule has 3 heteroatoms. The number of nitrogens with zero attached hydrogens (tertiary/aromatic N) is 2. The second-order valence-corrected chi connectivity index (χ2v) is 4.32. The van der Waals surface area contributed by atoms with Gasteiger partial charge in [-0.2, -0.15) is 0 Å². The van der Waals surface area contributed by atoms with Crippen LogP contribution in [-0.4, -0.2) is 16.1 Å². The maximum Gasteiger partial charge on any atom is 0.0948 e. The summed E-state index contributed by atoms with van der Waals surface area (Å²) < 4.78 is 2.26. The number of unbranched alkanes of at least 4 members (excludes halogenated alkanes) is 2. The van der Waals surface area contributed by atoms with E-state index in [1.807, 2.05) is 12.5 Å². The second-order valence-electron chi connectivity index (χ2n) is 4.32. The highest BCUT2D eigenvalue weighted by Crippen LogP contribution is 2.22. The lowest BCUT2D eigenvalue weighted by atomic mass is 10.1. The molecule has 16 heavy (non-hydrogen) atoms. The average Bonchev–Trinajstić information content (AvgIpc) is 2.94. The van der Waals surface area contributed by atoms with Gasteiger partial charge in [0.2, 0.25) is 0 Å². The summed E-state index contributed by atoms with van der Waals surface area (Å²) in [5, 5.41) is 3.51. The van der Waals surface area contributed by atoms with Gasteiger partial charge in [0.1, 0.15) is 0 Å². The van der Waals surface area contributed by atoms with Crippen molar-refractivity contribution in [3.05, 3.63) is 18.2 Å². The van der Waals surface area contributed by atoms with Gasteiger partial charge in [0.25, 0.3) is 0 Å². The summed E-state index contributed by atoms with van der Waals surface area (Å²) in [6.45, 7) is 2.17. The predicted octanol–water partition coefficient (Wildman–Crippen LogP) is 2.11. The Hall–Kier alpha value is -1.27. The highest BCUT2D eigenvalue weighted by molar-refractivity contribution is 5.07. The molecular formula is C13H19N3. The summed E-state index contributed by atoms with van der Waals surface area (Å²) in [6, 6.07) is 0.509. The third-order valence-electron chi connectivity index (χ3n) is 3.13. The normalized spacial score (nSPS) is 19.8. The quantitative estimate of drug-likeness (QED) is 0.604. The van der Waals surface area contributed by atoms with Crippen LogP contribution in [0.5, 0.6) is 0 Å². The van der Waals surface area contributed by atoms with E-state index >= 15 is 0 Å². The van der Waals surface area contributed by atoms with Crippen LogP contribution in [0.25, 0.3) is 0 Å². The number of terminal acetylenes is 1. The van der Waals surface area contributed by atoms with Crippen LogP contribution >= 0.6 is 0 Å². The number of nitrogens with one attached hydrogen (secondary N) is 1. The fourth-order valence-electron chi connectivity index (χ4n) is 2.25. The van der Waals surface area contributed by atoms with Gasteiger partial charge in [-0.25, -0.2) is 4.98 Å². The molecule has 0 bridgehead atoms. The van der Waals surface area contributed by atoms with Gasteiger partial charge in [-0.15, -0.1) is 12.3 Å². The molecule has 0 unspecified atom stereocenters. The van der Waals surface area contributed by atoms with Crippen LogP contribution in [0.4, 0.5) is 0 Å². The van der Waals surface area contributed by atoms with E-state index in [9.17, 15) is 0 Å². The molecule has 1 N–H and O–H groups in total. The average molecular weight is 217 g/mol. The zero-order chi connectivity index (χ0) is 11.2. The summed E-state index contributed by atoms with van der Waals surface area (Å²) in [6.07, 6.45) is 14.8. The first-order valence-electron chi connectivity index (χ1n) is 6.08. The Morgan fingerprint density at radius 3 is 3.25 bits per heavy atom. The Labute approximate surface area is 97.3 Å². The van der Waals surface area contributed by atoms with Gasteiger partial charge in [0, 0.05) is 25.2 Å². The van der Waals surface area contributed by atoms with Crippen molar-refractivity contribution in [1.29, 1.82) is 0 Å². The van der Waals surface area contributed by atoms with Crippen molar-refractivity contribution in [2.24, 2.45) is 0 Å². The molecule has 1 aromatic heterocycles. The molecule has 1 aliphatic rings. The van der Waals surface area contributed by atoms with Crippen LogP contribution in [0.2, 0.25) is 0 Å². The van der Waals surface area contributed by atoms with Gasteiger partial charge in [-0.3, -0.25) is 0 Å². The number of hydrogen-bond acceptors (Lipinski definition) is 2. The van der Waals surface area contributed by atoms with Gasteiger partial charge in [-0.1, -0.05) is 0 Å². The zero-order valence-electron chi connectivity index (χ0n) is 9.65. The molecule has 1 fully saturated rings. The molecular weight excluding hydrogens is 198 g/mol. The van der Waals surface area contributed by atoms with E-state index in [0.29, 0.717) is 6.04 Å². The number of aromatic nitrogens is 2. The topological polar surface area (TPSA) is 29.9 Å². The lowest BCUT2D eigenvalue weighted by molar-refractivity contribution is 0.540. The smallest absolute Gasteiger partial charge is 0.0948 e.